The number of hydrogen-bond donors (Lipinski definition) is 1. The Hall–Kier alpha value is -2.09. The van der Waals surface area contributed by atoms with Crippen LogP contribution in [0.3, 0.4) is 0 Å². The lowest BCUT2D eigenvalue weighted by Crippen LogP contribution is -2.09. The van der Waals surface area contributed by atoms with Crippen molar-refractivity contribution in [2.75, 3.05) is 0 Å². The maximum atomic E-state index is 12.3. The molecule has 0 aromatic heterocycles. The molecule has 20 heavy (non-hydrogen) atoms. The molecule has 0 fully saturated rings. The first kappa shape index (κ1) is 12.9. The van der Waals surface area contributed by atoms with E-state index in [1.807, 2.05) is 36.4 Å². The third-order valence-corrected chi connectivity index (χ3v) is 4.52. The van der Waals surface area contributed by atoms with Gasteiger partial charge in [0.25, 0.3) is 0 Å². The lowest BCUT2D eigenvalue weighted by Gasteiger charge is -2.09. The molecule has 0 bridgehead atoms. The van der Waals surface area contributed by atoms with Crippen molar-refractivity contribution in [2.45, 2.75) is 22.3 Å². The van der Waals surface area contributed by atoms with Crippen LogP contribution in [0.25, 0.3) is 0 Å². The molecule has 0 amide bonds. The number of fused-ring (bicyclic) bond motifs is 2. The number of benzene rings is 2. The maximum absolute atomic E-state index is 12.3. The van der Waals surface area contributed by atoms with Gasteiger partial charge in [-0.15, -0.1) is 0 Å². The second kappa shape index (κ2) is 5.12. The summed E-state index contributed by atoms with van der Waals surface area (Å²) in [6, 6.07) is 14.7. The van der Waals surface area contributed by atoms with E-state index in [-0.39, 0.29) is 5.78 Å². The van der Waals surface area contributed by atoms with Gasteiger partial charge in [-0.1, -0.05) is 36.0 Å². The largest absolute Gasteiger partial charge is 0.312 e. The van der Waals surface area contributed by atoms with Crippen molar-refractivity contribution < 1.29 is 4.79 Å². The third-order valence-electron chi connectivity index (χ3n) is 3.35. The summed E-state index contributed by atoms with van der Waals surface area (Å²) in [6.07, 6.45) is 0.416. The van der Waals surface area contributed by atoms with E-state index in [1.54, 1.807) is 23.9 Å². The summed E-state index contributed by atoms with van der Waals surface area (Å²) in [4.78, 5) is 14.3. The quantitative estimate of drug-likeness (QED) is 0.871. The summed E-state index contributed by atoms with van der Waals surface area (Å²) >= 11 is 1.56. The molecule has 2 N–H and O–H groups in total. The predicted octanol–water partition coefficient (Wildman–Crippen LogP) is 3.10. The molecule has 0 aliphatic carbocycles. The van der Waals surface area contributed by atoms with Crippen molar-refractivity contribution in [1.29, 1.82) is 5.26 Å². The Bertz CT molecular complexity index is 733. The van der Waals surface area contributed by atoms with Crippen LogP contribution in [-0.2, 0) is 6.42 Å². The standard InChI is InChI=1S/C16H12N2OS/c17-9-13(18)10-5-6-12-14(19)7-11-3-1-2-4-15(11)20-16(12)8-10/h1-6,8,13H,7,18H2. The zero-order valence-electron chi connectivity index (χ0n) is 10.7. The molecule has 1 aliphatic rings. The fourth-order valence-electron chi connectivity index (χ4n) is 2.26. The lowest BCUT2D eigenvalue weighted by atomic mass is 10.0. The first-order valence-corrected chi connectivity index (χ1v) is 7.09. The average Bonchev–Trinajstić information content (AvgIpc) is 2.61. The van der Waals surface area contributed by atoms with Gasteiger partial charge in [-0.05, 0) is 29.3 Å². The van der Waals surface area contributed by atoms with Gasteiger partial charge in [-0.25, -0.2) is 0 Å². The summed E-state index contributed by atoms with van der Waals surface area (Å²) in [5, 5.41) is 8.91. The number of nitriles is 1. The maximum Gasteiger partial charge on any atom is 0.168 e. The van der Waals surface area contributed by atoms with E-state index in [4.69, 9.17) is 11.0 Å². The number of carbonyl (C=O) groups is 1. The van der Waals surface area contributed by atoms with E-state index in [2.05, 4.69) is 0 Å². The highest BCUT2D eigenvalue weighted by Gasteiger charge is 2.21. The van der Waals surface area contributed by atoms with Crippen molar-refractivity contribution in [3.05, 3.63) is 59.2 Å². The Balaban J connectivity index is 2.11. The Kier molecular flexibility index (Phi) is 3.31. The molecule has 3 nitrogen and oxygen atoms in total. The minimum absolute atomic E-state index is 0.106. The molecule has 4 heteroatoms. The summed E-state index contributed by atoms with van der Waals surface area (Å²) in [5.74, 6) is 0.106. The molecule has 1 heterocycles. The van der Waals surface area contributed by atoms with Gasteiger partial charge in [-0.3, -0.25) is 4.79 Å². The number of carbonyl (C=O) groups excluding carboxylic acids is 1. The van der Waals surface area contributed by atoms with Crippen LogP contribution >= 0.6 is 11.8 Å². The molecule has 0 saturated heterocycles. The molecule has 1 atom stereocenters. The summed E-state index contributed by atoms with van der Waals surface area (Å²) < 4.78 is 0. The Morgan fingerprint density at radius 2 is 2.00 bits per heavy atom. The number of hydrogen-bond acceptors (Lipinski definition) is 4. The first-order chi connectivity index (χ1) is 9.69. The Morgan fingerprint density at radius 1 is 1.20 bits per heavy atom. The number of nitrogens with zero attached hydrogens (tertiary/aromatic N) is 1. The summed E-state index contributed by atoms with van der Waals surface area (Å²) in [7, 11) is 0. The Labute approximate surface area is 121 Å². The molecule has 1 unspecified atom stereocenters. The highest BCUT2D eigenvalue weighted by atomic mass is 32.2. The van der Waals surface area contributed by atoms with E-state index in [9.17, 15) is 4.79 Å². The monoisotopic (exact) mass is 280 g/mol. The first-order valence-electron chi connectivity index (χ1n) is 6.27. The highest BCUT2D eigenvalue weighted by molar-refractivity contribution is 7.99. The van der Waals surface area contributed by atoms with Gasteiger partial charge in [0.1, 0.15) is 6.04 Å². The SMILES string of the molecule is N#CC(N)c1ccc2c(c1)Sc1ccccc1CC2=O. The van der Waals surface area contributed by atoms with E-state index in [1.165, 1.54) is 0 Å². The molecular weight excluding hydrogens is 268 g/mol. The summed E-state index contributed by atoms with van der Waals surface area (Å²) in [5.41, 5.74) is 8.24. The molecule has 3 rings (SSSR count). The second-order valence-electron chi connectivity index (χ2n) is 4.67. The van der Waals surface area contributed by atoms with Crippen molar-refractivity contribution in [3.8, 4) is 6.07 Å². The third kappa shape index (κ3) is 2.22. The van der Waals surface area contributed by atoms with Crippen LogP contribution in [0.5, 0.6) is 0 Å². The fourth-order valence-corrected chi connectivity index (χ4v) is 3.40. The van der Waals surface area contributed by atoms with Crippen LogP contribution in [0.2, 0.25) is 0 Å². The van der Waals surface area contributed by atoms with Gasteiger partial charge in [0.15, 0.2) is 5.78 Å². The highest BCUT2D eigenvalue weighted by Crippen LogP contribution is 2.37. The average molecular weight is 280 g/mol. The minimum Gasteiger partial charge on any atom is -0.312 e. The van der Waals surface area contributed by atoms with Crippen LogP contribution in [0.1, 0.15) is 27.5 Å². The molecule has 0 saturated carbocycles. The van der Waals surface area contributed by atoms with Gasteiger partial charge in [-0.2, -0.15) is 5.26 Å². The van der Waals surface area contributed by atoms with Crippen molar-refractivity contribution in [3.63, 3.8) is 0 Å². The number of nitrogens with two attached hydrogens (primary N) is 1. The number of ketones is 1. The van der Waals surface area contributed by atoms with E-state index in [0.29, 0.717) is 12.0 Å². The van der Waals surface area contributed by atoms with Crippen LogP contribution in [0, 0.1) is 11.3 Å². The fraction of sp³-hybridized carbons (Fsp3) is 0.125. The molecule has 1 aliphatic heterocycles. The van der Waals surface area contributed by atoms with E-state index < -0.39 is 6.04 Å². The second-order valence-corrected chi connectivity index (χ2v) is 5.76. The van der Waals surface area contributed by atoms with Gasteiger partial charge in [0, 0.05) is 21.8 Å². The zero-order chi connectivity index (χ0) is 14.1. The lowest BCUT2D eigenvalue weighted by molar-refractivity contribution is 0.0990. The predicted molar refractivity (Wildman–Crippen MR) is 77.6 cm³/mol. The van der Waals surface area contributed by atoms with E-state index in [0.717, 1.165) is 20.9 Å². The van der Waals surface area contributed by atoms with Crippen LogP contribution in [0.15, 0.2) is 52.3 Å². The van der Waals surface area contributed by atoms with Crippen molar-refractivity contribution in [1.82, 2.24) is 0 Å². The van der Waals surface area contributed by atoms with Crippen LogP contribution < -0.4 is 5.73 Å². The van der Waals surface area contributed by atoms with Crippen LogP contribution in [0.4, 0.5) is 0 Å². The molecule has 2 aromatic carbocycles. The zero-order valence-corrected chi connectivity index (χ0v) is 11.5. The molecule has 98 valence electrons. The topological polar surface area (TPSA) is 66.9 Å². The summed E-state index contributed by atoms with van der Waals surface area (Å²) in [6.45, 7) is 0. The van der Waals surface area contributed by atoms with Gasteiger partial charge < -0.3 is 5.73 Å². The Morgan fingerprint density at radius 3 is 2.80 bits per heavy atom. The minimum atomic E-state index is -0.658. The molecule has 0 radical (unpaired) electrons. The number of rotatable bonds is 1. The van der Waals surface area contributed by atoms with E-state index >= 15 is 0 Å². The number of Topliss-reactive ketones (excluding diaryl/α,β-unsaturated/α-hetero) is 1. The van der Waals surface area contributed by atoms with Crippen molar-refractivity contribution in [2.24, 2.45) is 5.73 Å². The molecular formula is C16H12N2OS. The van der Waals surface area contributed by atoms with Gasteiger partial charge in [0.2, 0.25) is 0 Å². The normalized spacial score (nSPS) is 14.7. The van der Waals surface area contributed by atoms with Gasteiger partial charge in [0.05, 0.1) is 6.07 Å². The van der Waals surface area contributed by atoms with Crippen molar-refractivity contribution >= 4 is 17.5 Å². The smallest absolute Gasteiger partial charge is 0.168 e. The van der Waals surface area contributed by atoms with Gasteiger partial charge >= 0.3 is 0 Å². The molecule has 0 spiro atoms. The molecule has 2 aromatic rings. The van der Waals surface area contributed by atoms with Crippen LogP contribution in [-0.4, -0.2) is 5.78 Å².